The smallest absolute Gasteiger partial charge is 0.177 e. The molecular formula is C26H36F2O2. The topological polar surface area (TPSA) is 18.5 Å². The molecule has 1 aromatic rings. The third-order valence-electron chi connectivity index (χ3n) is 6.32. The molecule has 1 aromatic carbocycles. The van der Waals surface area contributed by atoms with E-state index in [-0.39, 0.29) is 19.0 Å². The second-order valence-electron chi connectivity index (χ2n) is 8.96. The van der Waals surface area contributed by atoms with Crippen LogP contribution >= 0.6 is 0 Å². The Morgan fingerprint density at radius 1 is 1.00 bits per heavy atom. The Balaban J connectivity index is 1.50. The standard InChI is InChI=1S/C26H36F2O2/c1-3-5-20-6-8-21(9-7-20)10-13-23-14-11-22(17-24(23)27)12-15-25-29-18-26(28,16-4-2)19-30-25/h10-15,17,20-21,25H,3-9,16,18-19H2,1-2H3. The van der Waals surface area contributed by atoms with Gasteiger partial charge in [-0.1, -0.05) is 63.5 Å². The minimum Gasteiger partial charge on any atom is -0.346 e. The van der Waals surface area contributed by atoms with Gasteiger partial charge in [-0.3, -0.25) is 0 Å². The van der Waals surface area contributed by atoms with Crippen LogP contribution in [0, 0.1) is 17.7 Å². The summed E-state index contributed by atoms with van der Waals surface area (Å²) in [6, 6.07) is 5.22. The van der Waals surface area contributed by atoms with Crippen LogP contribution in [0.1, 0.15) is 76.3 Å². The fourth-order valence-electron chi connectivity index (χ4n) is 4.55. The van der Waals surface area contributed by atoms with E-state index in [2.05, 4.69) is 13.0 Å². The van der Waals surface area contributed by atoms with Crippen molar-refractivity contribution in [2.45, 2.75) is 77.2 Å². The molecule has 0 radical (unpaired) electrons. The molecule has 0 N–H and O–H groups in total. The Labute approximate surface area is 180 Å². The van der Waals surface area contributed by atoms with E-state index in [1.807, 2.05) is 25.1 Å². The summed E-state index contributed by atoms with van der Waals surface area (Å²) >= 11 is 0. The van der Waals surface area contributed by atoms with Crippen LogP contribution in [0.5, 0.6) is 0 Å². The quantitative estimate of drug-likeness (QED) is 0.440. The van der Waals surface area contributed by atoms with Crippen molar-refractivity contribution in [3.05, 3.63) is 47.3 Å². The maximum atomic E-state index is 14.5. The molecule has 3 rings (SSSR count). The highest BCUT2D eigenvalue weighted by Gasteiger charge is 2.35. The van der Waals surface area contributed by atoms with Gasteiger partial charge in [0.05, 0.1) is 13.2 Å². The van der Waals surface area contributed by atoms with Crippen LogP contribution < -0.4 is 0 Å². The maximum absolute atomic E-state index is 14.5. The van der Waals surface area contributed by atoms with Crippen molar-refractivity contribution in [3.63, 3.8) is 0 Å². The monoisotopic (exact) mass is 418 g/mol. The van der Waals surface area contributed by atoms with Crippen molar-refractivity contribution in [2.24, 2.45) is 11.8 Å². The third-order valence-corrected chi connectivity index (χ3v) is 6.32. The Bertz CT molecular complexity index is 712. The van der Waals surface area contributed by atoms with Gasteiger partial charge in [-0.05, 0) is 61.6 Å². The molecule has 1 saturated carbocycles. The average molecular weight is 419 g/mol. The fourth-order valence-corrected chi connectivity index (χ4v) is 4.55. The largest absolute Gasteiger partial charge is 0.346 e. The SMILES string of the molecule is CCCC1CCC(C=Cc2ccc(C=CC3OCC(F)(CCC)CO3)cc2F)CC1. The number of hydrogen-bond acceptors (Lipinski definition) is 2. The molecule has 0 atom stereocenters. The Hall–Kier alpha value is -1.52. The lowest BCUT2D eigenvalue weighted by Crippen LogP contribution is -2.43. The predicted molar refractivity (Wildman–Crippen MR) is 119 cm³/mol. The molecule has 0 aromatic heterocycles. The highest BCUT2D eigenvalue weighted by molar-refractivity contribution is 5.56. The summed E-state index contributed by atoms with van der Waals surface area (Å²) in [5.41, 5.74) is -0.0358. The van der Waals surface area contributed by atoms with Gasteiger partial charge in [0.2, 0.25) is 0 Å². The lowest BCUT2D eigenvalue weighted by Gasteiger charge is -2.32. The minimum atomic E-state index is -1.39. The van der Waals surface area contributed by atoms with Gasteiger partial charge in [0.1, 0.15) is 5.82 Å². The lowest BCUT2D eigenvalue weighted by molar-refractivity contribution is -0.212. The van der Waals surface area contributed by atoms with E-state index in [0.29, 0.717) is 17.9 Å². The average Bonchev–Trinajstić information content (AvgIpc) is 2.74. The summed E-state index contributed by atoms with van der Waals surface area (Å²) in [6.45, 7) is 4.27. The number of ether oxygens (including phenoxy) is 2. The number of alkyl halides is 1. The zero-order valence-electron chi connectivity index (χ0n) is 18.4. The second-order valence-corrected chi connectivity index (χ2v) is 8.96. The third kappa shape index (κ3) is 6.75. The van der Waals surface area contributed by atoms with Gasteiger partial charge in [-0.15, -0.1) is 0 Å². The minimum absolute atomic E-state index is 0.0360. The predicted octanol–water partition coefficient (Wildman–Crippen LogP) is 7.34. The zero-order chi connectivity index (χ0) is 21.4. The van der Waals surface area contributed by atoms with Crippen LogP contribution in [0.25, 0.3) is 12.2 Å². The highest BCUT2D eigenvalue weighted by Crippen LogP contribution is 2.32. The molecule has 2 nitrogen and oxygen atoms in total. The number of halogens is 2. The molecule has 30 heavy (non-hydrogen) atoms. The molecule has 2 aliphatic rings. The normalized spacial score (nSPS) is 30.3. The van der Waals surface area contributed by atoms with Gasteiger partial charge in [0.25, 0.3) is 0 Å². The summed E-state index contributed by atoms with van der Waals surface area (Å²) in [6.07, 6.45) is 15.8. The lowest BCUT2D eigenvalue weighted by atomic mass is 9.80. The van der Waals surface area contributed by atoms with Gasteiger partial charge >= 0.3 is 0 Å². The molecule has 1 heterocycles. The van der Waals surface area contributed by atoms with Crippen molar-refractivity contribution in [3.8, 4) is 0 Å². The first kappa shape index (κ1) is 23.1. The van der Waals surface area contributed by atoms with Crippen molar-refractivity contribution < 1.29 is 18.3 Å². The molecule has 0 bridgehead atoms. The Kier molecular flexibility index (Phi) is 8.64. The van der Waals surface area contributed by atoms with Gasteiger partial charge in [-0.25, -0.2) is 8.78 Å². The van der Waals surface area contributed by atoms with Gasteiger partial charge in [-0.2, -0.15) is 0 Å². The van der Waals surface area contributed by atoms with Crippen LogP contribution in [-0.4, -0.2) is 25.2 Å². The maximum Gasteiger partial charge on any atom is 0.177 e. The summed E-state index contributed by atoms with van der Waals surface area (Å²) in [7, 11) is 0. The van der Waals surface area contributed by atoms with Gasteiger partial charge < -0.3 is 9.47 Å². The molecule has 1 saturated heterocycles. The van der Waals surface area contributed by atoms with E-state index >= 15 is 0 Å². The van der Waals surface area contributed by atoms with Crippen LogP contribution in [0.15, 0.2) is 30.4 Å². The first-order chi connectivity index (χ1) is 14.5. The van der Waals surface area contributed by atoms with Crippen LogP contribution in [0.4, 0.5) is 8.78 Å². The van der Waals surface area contributed by atoms with Crippen molar-refractivity contribution in [1.82, 2.24) is 0 Å². The van der Waals surface area contributed by atoms with Gasteiger partial charge in [0.15, 0.2) is 12.0 Å². The number of rotatable bonds is 8. The molecule has 2 fully saturated rings. The first-order valence-electron chi connectivity index (χ1n) is 11.6. The van der Waals surface area contributed by atoms with E-state index in [0.717, 1.165) is 17.9 Å². The second kappa shape index (κ2) is 11.2. The molecule has 4 heteroatoms. The Morgan fingerprint density at radius 3 is 2.37 bits per heavy atom. The van der Waals surface area contributed by atoms with Crippen LogP contribution in [0.2, 0.25) is 0 Å². The molecule has 1 aliphatic carbocycles. The summed E-state index contributed by atoms with van der Waals surface area (Å²) in [5, 5.41) is 0. The Morgan fingerprint density at radius 2 is 1.73 bits per heavy atom. The molecule has 0 amide bonds. The van der Waals surface area contributed by atoms with E-state index in [1.165, 1.54) is 44.6 Å². The molecule has 1 aliphatic heterocycles. The number of hydrogen-bond donors (Lipinski definition) is 0. The number of benzene rings is 1. The van der Waals surface area contributed by atoms with E-state index < -0.39 is 12.0 Å². The van der Waals surface area contributed by atoms with Crippen LogP contribution in [0.3, 0.4) is 0 Å². The molecule has 0 unspecified atom stereocenters. The first-order valence-corrected chi connectivity index (χ1v) is 11.6. The summed E-state index contributed by atoms with van der Waals surface area (Å²) in [5.74, 6) is 1.21. The van der Waals surface area contributed by atoms with E-state index in [4.69, 9.17) is 9.47 Å². The van der Waals surface area contributed by atoms with Gasteiger partial charge in [0, 0.05) is 5.56 Å². The molecule has 166 valence electrons. The highest BCUT2D eigenvalue weighted by atomic mass is 19.1. The van der Waals surface area contributed by atoms with E-state index in [9.17, 15) is 8.78 Å². The van der Waals surface area contributed by atoms with E-state index in [1.54, 1.807) is 12.2 Å². The molecule has 0 spiro atoms. The van der Waals surface area contributed by atoms with Crippen molar-refractivity contribution in [2.75, 3.05) is 13.2 Å². The zero-order valence-corrected chi connectivity index (χ0v) is 18.4. The fraction of sp³-hybridized carbons (Fsp3) is 0.615. The molecular weight excluding hydrogens is 382 g/mol. The van der Waals surface area contributed by atoms with Crippen LogP contribution in [-0.2, 0) is 9.47 Å². The summed E-state index contributed by atoms with van der Waals surface area (Å²) in [4.78, 5) is 0. The van der Waals surface area contributed by atoms with Crippen molar-refractivity contribution >= 4 is 12.2 Å². The number of allylic oxidation sites excluding steroid dienone is 1. The van der Waals surface area contributed by atoms with Crippen molar-refractivity contribution in [1.29, 1.82) is 0 Å². The summed E-state index contributed by atoms with van der Waals surface area (Å²) < 4.78 is 39.8.